The Morgan fingerprint density at radius 2 is 2.10 bits per heavy atom. The number of hydrogen-bond acceptors (Lipinski definition) is 4. The molecule has 0 aliphatic rings. The molecule has 0 saturated heterocycles. The number of phenolic OH excluding ortho intramolecular Hbond substituents is 1. The first-order valence-electron chi connectivity index (χ1n) is 6.35. The van der Waals surface area contributed by atoms with Crippen molar-refractivity contribution in [2.24, 2.45) is 5.73 Å². The van der Waals surface area contributed by atoms with Gasteiger partial charge in [-0.1, -0.05) is 12.1 Å². The third kappa shape index (κ3) is 3.36. The van der Waals surface area contributed by atoms with E-state index in [1.807, 2.05) is 0 Å². The monoisotopic (exact) mass is 274 g/mol. The van der Waals surface area contributed by atoms with Crippen LogP contribution in [0, 0.1) is 0 Å². The Labute approximate surface area is 117 Å². The fourth-order valence-electron chi connectivity index (χ4n) is 1.88. The van der Waals surface area contributed by atoms with Crippen molar-refractivity contribution in [2.75, 3.05) is 13.6 Å². The average Bonchev–Trinajstić information content (AvgIpc) is 2.89. The molecule has 0 bridgehead atoms. The summed E-state index contributed by atoms with van der Waals surface area (Å²) in [4.78, 5) is 17.9. The first-order chi connectivity index (χ1) is 9.60. The molecular weight excluding hydrogens is 256 g/mol. The van der Waals surface area contributed by atoms with Gasteiger partial charge in [-0.2, -0.15) is 0 Å². The van der Waals surface area contributed by atoms with Gasteiger partial charge in [-0.25, -0.2) is 4.98 Å². The van der Waals surface area contributed by atoms with E-state index in [1.165, 1.54) is 0 Å². The molecule has 20 heavy (non-hydrogen) atoms. The lowest BCUT2D eigenvalue weighted by Gasteiger charge is -2.15. The van der Waals surface area contributed by atoms with Crippen LogP contribution in [0.25, 0.3) is 0 Å². The predicted molar refractivity (Wildman–Crippen MR) is 75.2 cm³/mol. The van der Waals surface area contributed by atoms with Crippen LogP contribution in [-0.2, 0) is 13.1 Å². The summed E-state index contributed by atoms with van der Waals surface area (Å²) >= 11 is 0. The molecule has 0 saturated carbocycles. The second-order valence-corrected chi connectivity index (χ2v) is 4.61. The lowest BCUT2D eigenvalue weighted by Crippen LogP contribution is -2.26. The van der Waals surface area contributed by atoms with Gasteiger partial charge in [-0.05, 0) is 17.7 Å². The van der Waals surface area contributed by atoms with Crippen LogP contribution in [0.5, 0.6) is 5.75 Å². The zero-order valence-electron chi connectivity index (χ0n) is 11.4. The highest BCUT2D eigenvalue weighted by Crippen LogP contribution is 2.12. The molecule has 6 heteroatoms. The smallest absolute Gasteiger partial charge is 0.274 e. The van der Waals surface area contributed by atoms with Gasteiger partial charge >= 0.3 is 0 Å². The maximum Gasteiger partial charge on any atom is 0.274 e. The second kappa shape index (κ2) is 6.21. The van der Waals surface area contributed by atoms with Crippen LogP contribution in [0.3, 0.4) is 0 Å². The summed E-state index contributed by atoms with van der Waals surface area (Å²) in [6.45, 7) is 1.61. The lowest BCUT2D eigenvalue weighted by molar-refractivity contribution is 0.0779. The number of amides is 1. The summed E-state index contributed by atoms with van der Waals surface area (Å²) in [6.07, 6.45) is 3.30. The minimum atomic E-state index is -0.145. The molecule has 1 heterocycles. The van der Waals surface area contributed by atoms with E-state index in [2.05, 4.69) is 4.98 Å². The van der Waals surface area contributed by atoms with Gasteiger partial charge in [0.25, 0.3) is 5.91 Å². The van der Waals surface area contributed by atoms with Gasteiger partial charge in [0.2, 0.25) is 0 Å². The van der Waals surface area contributed by atoms with E-state index < -0.39 is 0 Å². The number of aromatic nitrogens is 2. The van der Waals surface area contributed by atoms with Crippen molar-refractivity contribution >= 4 is 5.91 Å². The van der Waals surface area contributed by atoms with E-state index in [1.54, 1.807) is 53.3 Å². The third-order valence-corrected chi connectivity index (χ3v) is 2.94. The highest BCUT2D eigenvalue weighted by Gasteiger charge is 2.14. The van der Waals surface area contributed by atoms with E-state index in [0.717, 1.165) is 5.56 Å². The molecule has 0 spiro atoms. The van der Waals surface area contributed by atoms with Gasteiger partial charge in [0.1, 0.15) is 11.4 Å². The van der Waals surface area contributed by atoms with Crippen molar-refractivity contribution in [3.63, 3.8) is 0 Å². The number of benzene rings is 1. The molecule has 0 radical (unpaired) electrons. The molecule has 0 aliphatic carbocycles. The molecule has 0 unspecified atom stereocenters. The molecule has 6 nitrogen and oxygen atoms in total. The fraction of sp³-hybridized carbons (Fsp3) is 0.286. The number of aromatic hydroxyl groups is 1. The second-order valence-electron chi connectivity index (χ2n) is 4.61. The molecule has 0 aliphatic heterocycles. The van der Waals surface area contributed by atoms with Crippen LogP contribution in [0.2, 0.25) is 0 Å². The summed E-state index contributed by atoms with van der Waals surface area (Å²) in [5, 5.41) is 9.23. The number of nitrogens with zero attached hydrogens (tertiary/aromatic N) is 3. The number of imidazole rings is 1. The first-order valence-corrected chi connectivity index (χ1v) is 6.35. The SMILES string of the molecule is CN(Cc1ccc(O)cc1)C(=O)c1cn(CCN)cn1. The van der Waals surface area contributed by atoms with Crippen LogP contribution in [0.4, 0.5) is 0 Å². The zero-order chi connectivity index (χ0) is 14.5. The Morgan fingerprint density at radius 1 is 1.40 bits per heavy atom. The number of carbonyl (C=O) groups is 1. The molecule has 1 aromatic carbocycles. The topological polar surface area (TPSA) is 84.4 Å². The van der Waals surface area contributed by atoms with E-state index in [9.17, 15) is 9.90 Å². The van der Waals surface area contributed by atoms with Crippen molar-refractivity contribution in [1.29, 1.82) is 0 Å². The standard InChI is InChI=1S/C14H18N4O2/c1-17(8-11-2-4-12(19)5-3-11)14(20)13-9-18(7-6-15)10-16-13/h2-5,9-10,19H,6-8,15H2,1H3. The molecule has 0 fully saturated rings. The normalized spacial score (nSPS) is 10.5. The maximum absolute atomic E-state index is 12.2. The van der Waals surface area contributed by atoms with Gasteiger partial charge < -0.3 is 20.3 Å². The first kappa shape index (κ1) is 14.1. The minimum absolute atomic E-state index is 0.145. The van der Waals surface area contributed by atoms with Crippen molar-refractivity contribution in [3.8, 4) is 5.75 Å². The predicted octanol–water partition coefficient (Wildman–Crippen LogP) is 0.820. The van der Waals surface area contributed by atoms with Crippen LogP contribution < -0.4 is 5.73 Å². The van der Waals surface area contributed by atoms with Gasteiger partial charge in [-0.15, -0.1) is 0 Å². The van der Waals surface area contributed by atoms with Crippen LogP contribution >= 0.6 is 0 Å². The number of rotatable bonds is 5. The molecule has 2 aromatic rings. The molecule has 2 rings (SSSR count). The molecule has 3 N–H and O–H groups in total. The summed E-state index contributed by atoms with van der Waals surface area (Å²) in [5.74, 6) is 0.0668. The maximum atomic E-state index is 12.2. The average molecular weight is 274 g/mol. The Balaban J connectivity index is 2.02. The van der Waals surface area contributed by atoms with Crippen LogP contribution in [0.1, 0.15) is 16.1 Å². The summed E-state index contributed by atoms with van der Waals surface area (Å²) in [7, 11) is 1.72. The van der Waals surface area contributed by atoms with Crippen molar-refractivity contribution in [1.82, 2.24) is 14.5 Å². The Bertz CT molecular complexity index is 577. The minimum Gasteiger partial charge on any atom is -0.508 e. The zero-order valence-corrected chi connectivity index (χ0v) is 11.4. The highest BCUT2D eigenvalue weighted by atomic mass is 16.3. The van der Waals surface area contributed by atoms with Crippen LogP contribution in [-0.4, -0.2) is 39.1 Å². The Morgan fingerprint density at radius 3 is 2.75 bits per heavy atom. The number of carbonyl (C=O) groups excluding carboxylic acids is 1. The van der Waals surface area contributed by atoms with E-state index in [0.29, 0.717) is 25.3 Å². The molecule has 1 amide bonds. The number of phenols is 1. The lowest BCUT2D eigenvalue weighted by atomic mass is 10.2. The van der Waals surface area contributed by atoms with Crippen LogP contribution in [0.15, 0.2) is 36.8 Å². The summed E-state index contributed by atoms with van der Waals surface area (Å²) in [5.41, 5.74) is 6.80. The molecule has 0 atom stereocenters. The van der Waals surface area contributed by atoms with E-state index >= 15 is 0 Å². The fourth-order valence-corrected chi connectivity index (χ4v) is 1.88. The van der Waals surface area contributed by atoms with Crippen molar-refractivity contribution in [3.05, 3.63) is 48.0 Å². The van der Waals surface area contributed by atoms with Gasteiger partial charge in [-0.3, -0.25) is 4.79 Å². The Kier molecular flexibility index (Phi) is 4.37. The highest BCUT2D eigenvalue weighted by molar-refractivity contribution is 5.91. The number of hydrogen-bond donors (Lipinski definition) is 2. The van der Waals surface area contributed by atoms with E-state index in [-0.39, 0.29) is 11.7 Å². The number of nitrogens with two attached hydrogens (primary N) is 1. The quantitative estimate of drug-likeness (QED) is 0.845. The molecule has 1 aromatic heterocycles. The van der Waals surface area contributed by atoms with Crippen molar-refractivity contribution in [2.45, 2.75) is 13.1 Å². The largest absolute Gasteiger partial charge is 0.508 e. The van der Waals surface area contributed by atoms with E-state index in [4.69, 9.17) is 5.73 Å². The summed E-state index contributed by atoms with van der Waals surface area (Å²) in [6, 6.07) is 6.77. The van der Waals surface area contributed by atoms with Gasteiger partial charge in [0, 0.05) is 32.9 Å². The van der Waals surface area contributed by atoms with Crippen molar-refractivity contribution < 1.29 is 9.90 Å². The summed E-state index contributed by atoms with van der Waals surface area (Å²) < 4.78 is 1.79. The Hall–Kier alpha value is -2.34. The molecular formula is C14H18N4O2. The van der Waals surface area contributed by atoms with Gasteiger partial charge in [0.05, 0.1) is 6.33 Å². The molecule has 106 valence electrons. The third-order valence-electron chi connectivity index (χ3n) is 2.94. The van der Waals surface area contributed by atoms with Gasteiger partial charge in [0.15, 0.2) is 0 Å².